The van der Waals surface area contributed by atoms with Crippen LogP contribution in [-0.2, 0) is 0 Å². The first-order valence-corrected chi connectivity index (χ1v) is 6.27. The molecule has 1 atom stereocenters. The standard InChI is InChI=1S/C13H24N2/c1-4-6-11-15(10-5-2)13-12(3)8-7-9-14-13/h7,9,12H,4-6,8,10-11H2,1-3H3. The van der Waals surface area contributed by atoms with Gasteiger partial charge in [0.1, 0.15) is 5.84 Å². The highest BCUT2D eigenvalue weighted by molar-refractivity contribution is 5.85. The van der Waals surface area contributed by atoms with Gasteiger partial charge in [-0.1, -0.05) is 33.3 Å². The van der Waals surface area contributed by atoms with Crippen LogP contribution in [-0.4, -0.2) is 23.8 Å². The lowest BCUT2D eigenvalue weighted by atomic mass is 10.0. The van der Waals surface area contributed by atoms with Gasteiger partial charge in [-0.05, 0) is 19.3 Å². The molecule has 1 unspecified atom stereocenters. The molecule has 1 rings (SSSR count). The summed E-state index contributed by atoms with van der Waals surface area (Å²) in [5, 5.41) is 0. The molecule has 0 aromatic heterocycles. The first-order valence-electron chi connectivity index (χ1n) is 6.27. The Morgan fingerprint density at radius 3 is 2.73 bits per heavy atom. The Labute approximate surface area is 94.1 Å². The molecule has 1 heterocycles. The molecule has 0 bridgehead atoms. The van der Waals surface area contributed by atoms with Gasteiger partial charge in [-0.3, -0.25) is 0 Å². The van der Waals surface area contributed by atoms with Crippen molar-refractivity contribution in [3.63, 3.8) is 0 Å². The van der Waals surface area contributed by atoms with Crippen LogP contribution in [0, 0.1) is 5.92 Å². The van der Waals surface area contributed by atoms with Crippen LogP contribution < -0.4 is 0 Å². The quantitative estimate of drug-likeness (QED) is 0.675. The molecule has 0 spiro atoms. The molecule has 0 saturated carbocycles. The predicted octanol–water partition coefficient (Wildman–Crippen LogP) is 3.45. The first-order chi connectivity index (χ1) is 7.29. The largest absolute Gasteiger partial charge is 0.360 e. The molecule has 15 heavy (non-hydrogen) atoms. The minimum atomic E-state index is 0.596. The number of amidine groups is 1. The summed E-state index contributed by atoms with van der Waals surface area (Å²) < 4.78 is 0. The molecular weight excluding hydrogens is 184 g/mol. The molecule has 0 aromatic carbocycles. The highest BCUT2D eigenvalue weighted by atomic mass is 15.2. The van der Waals surface area contributed by atoms with E-state index in [1.54, 1.807) is 0 Å². The molecule has 2 heteroatoms. The zero-order chi connectivity index (χ0) is 11.1. The lowest BCUT2D eigenvalue weighted by Gasteiger charge is -2.30. The second-order valence-corrected chi connectivity index (χ2v) is 4.35. The third kappa shape index (κ3) is 3.69. The van der Waals surface area contributed by atoms with Crippen molar-refractivity contribution in [2.75, 3.05) is 13.1 Å². The van der Waals surface area contributed by atoms with Gasteiger partial charge in [-0.15, -0.1) is 0 Å². The van der Waals surface area contributed by atoms with Crippen LogP contribution in [0.5, 0.6) is 0 Å². The van der Waals surface area contributed by atoms with E-state index in [1.807, 2.05) is 6.20 Å². The summed E-state index contributed by atoms with van der Waals surface area (Å²) in [4.78, 5) is 7.01. The Morgan fingerprint density at radius 1 is 1.33 bits per heavy atom. The van der Waals surface area contributed by atoms with Crippen molar-refractivity contribution in [1.29, 1.82) is 0 Å². The number of rotatable bonds is 5. The zero-order valence-corrected chi connectivity index (χ0v) is 10.4. The fourth-order valence-corrected chi connectivity index (χ4v) is 1.98. The highest BCUT2D eigenvalue weighted by Crippen LogP contribution is 2.15. The van der Waals surface area contributed by atoms with Crippen molar-refractivity contribution in [2.45, 2.75) is 46.5 Å². The van der Waals surface area contributed by atoms with Gasteiger partial charge in [0.2, 0.25) is 0 Å². The van der Waals surface area contributed by atoms with Crippen LogP contribution >= 0.6 is 0 Å². The Balaban J connectivity index is 2.60. The van der Waals surface area contributed by atoms with E-state index in [4.69, 9.17) is 0 Å². The number of allylic oxidation sites excluding steroid dienone is 1. The average Bonchev–Trinajstić information content (AvgIpc) is 2.25. The molecule has 2 nitrogen and oxygen atoms in total. The lowest BCUT2D eigenvalue weighted by molar-refractivity contribution is 0.385. The summed E-state index contributed by atoms with van der Waals surface area (Å²) in [6, 6.07) is 0. The van der Waals surface area contributed by atoms with Gasteiger partial charge in [-0.25, -0.2) is 4.99 Å². The molecule has 0 N–H and O–H groups in total. The van der Waals surface area contributed by atoms with Gasteiger partial charge in [0.25, 0.3) is 0 Å². The Kier molecular flexibility index (Phi) is 5.44. The number of hydrogen-bond acceptors (Lipinski definition) is 2. The van der Waals surface area contributed by atoms with E-state index in [-0.39, 0.29) is 0 Å². The molecule has 0 radical (unpaired) electrons. The van der Waals surface area contributed by atoms with Crippen molar-refractivity contribution in [3.05, 3.63) is 12.3 Å². The summed E-state index contributed by atoms with van der Waals surface area (Å²) in [6.07, 6.45) is 9.01. The monoisotopic (exact) mass is 208 g/mol. The maximum Gasteiger partial charge on any atom is 0.107 e. The van der Waals surface area contributed by atoms with Gasteiger partial charge in [0.15, 0.2) is 0 Å². The molecule has 0 amide bonds. The minimum Gasteiger partial charge on any atom is -0.360 e. The van der Waals surface area contributed by atoms with Gasteiger partial charge >= 0.3 is 0 Å². The Bertz CT molecular complexity index is 231. The normalized spacial score (nSPS) is 20.2. The van der Waals surface area contributed by atoms with Crippen LogP contribution in [0.1, 0.15) is 46.5 Å². The van der Waals surface area contributed by atoms with Gasteiger partial charge in [-0.2, -0.15) is 0 Å². The molecule has 86 valence electrons. The summed E-state index contributed by atoms with van der Waals surface area (Å²) in [5.41, 5.74) is 0. The van der Waals surface area contributed by atoms with Crippen LogP contribution in [0.4, 0.5) is 0 Å². The summed E-state index contributed by atoms with van der Waals surface area (Å²) in [7, 11) is 0. The summed E-state index contributed by atoms with van der Waals surface area (Å²) in [6.45, 7) is 9.08. The predicted molar refractivity (Wildman–Crippen MR) is 67.1 cm³/mol. The smallest absolute Gasteiger partial charge is 0.107 e. The molecule has 0 aliphatic carbocycles. The number of hydrogen-bond donors (Lipinski definition) is 0. The van der Waals surface area contributed by atoms with Crippen molar-refractivity contribution < 1.29 is 0 Å². The summed E-state index contributed by atoms with van der Waals surface area (Å²) >= 11 is 0. The molecule has 1 aliphatic heterocycles. The van der Waals surface area contributed by atoms with Crippen LogP contribution in [0.2, 0.25) is 0 Å². The Morgan fingerprint density at radius 2 is 2.13 bits per heavy atom. The minimum absolute atomic E-state index is 0.596. The summed E-state index contributed by atoms with van der Waals surface area (Å²) in [5.74, 6) is 1.89. The van der Waals surface area contributed by atoms with Crippen LogP contribution in [0.25, 0.3) is 0 Å². The molecule has 1 aliphatic rings. The van der Waals surface area contributed by atoms with Crippen LogP contribution in [0.15, 0.2) is 17.3 Å². The topological polar surface area (TPSA) is 15.6 Å². The zero-order valence-electron chi connectivity index (χ0n) is 10.4. The van der Waals surface area contributed by atoms with Crippen molar-refractivity contribution >= 4 is 5.84 Å². The average molecular weight is 208 g/mol. The fraction of sp³-hybridized carbons (Fsp3) is 0.769. The molecule has 0 saturated heterocycles. The van der Waals surface area contributed by atoms with Gasteiger partial charge < -0.3 is 4.90 Å². The third-order valence-electron chi connectivity index (χ3n) is 2.84. The highest BCUT2D eigenvalue weighted by Gasteiger charge is 2.17. The van der Waals surface area contributed by atoms with E-state index < -0.39 is 0 Å². The maximum atomic E-state index is 4.54. The number of unbranched alkanes of at least 4 members (excludes halogenated alkanes) is 1. The van der Waals surface area contributed by atoms with Gasteiger partial charge in [0.05, 0.1) is 0 Å². The van der Waals surface area contributed by atoms with E-state index >= 15 is 0 Å². The molecule has 0 aromatic rings. The third-order valence-corrected chi connectivity index (χ3v) is 2.84. The van der Waals surface area contributed by atoms with E-state index in [0.29, 0.717) is 5.92 Å². The number of nitrogens with zero attached hydrogens (tertiary/aromatic N) is 2. The van der Waals surface area contributed by atoms with Gasteiger partial charge in [0, 0.05) is 25.2 Å². The van der Waals surface area contributed by atoms with Crippen LogP contribution in [0.3, 0.4) is 0 Å². The van der Waals surface area contributed by atoms with E-state index in [2.05, 4.69) is 36.7 Å². The van der Waals surface area contributed by atoms with E-state index in [9.17, 15) is 0 Å². The van der Waals surface area contributed by atoms with Crippen molar-refractivity contribution in [1.82, 2.24) is 4.90 Å². The fourth-order valence-electron chi connectivity index (χ4n) is 1.98. The lowest BCUT2D eigenvalue weighted by Crippen LogP contribution is -2.37. The SMILES string of the molecule is CCCCN(CCC)C1=NC=CCC1C. The Hall–Kier alpha value is -0.790. The van der Waals surface area contributed by atoms with Crippen molar-refractivity contribution in [3.8, 4) is 0 Å². The molecule has 0 fully saturated rings. The second-order valence-electron chi connectivity index (χ2n) is 4.35. The maximum absolute atomic E-state index is 4.54. The first kappa shape index (κ1) is 12.3. The van der Waals surface area contributed by atoms with E-state index in [0.717, 1.165) is 13.0 Å². The molecular formula is C13H24N2. The second kappa shape index (κ2) is 6.65. The van der Waals surface area contributed by atoms with E-state index in [1.165, 1.54) is 31.6 Å². The number of aliphatic imine (C=N–C) groups is 1. The van der Waals surface area contributed by atoms with Crippen molar-refractivity contribution in [2.24, 2.45) is 10.9 Å².